The summed E-state index contributed by atoms with van der Waals surface area (Å²) in [6.07, 6.45) is 7.28. The first-order valence-corrected chi connectivity index (χ1v) is 10.3. The van der Waals surface area contributed by atoms with Gasteiger partial charge in [0.05, 0.1) is 9.77 Å². The Kier molecular flexibility index (Phi) is 4.84. The predicted octanol–water partition coefficient (Wildman–Crippen LogP) is 2.60. The van der Waals surface area contributed by atoms with E-state index in [-0.39, 0.29) is 16.8 Å². The van der Waals surface area contributed by atoms with Crippen molar-refractivity contribution in [2.45, 2.75) is 55.9 Å². The average molecular weight is 342 g/mol. The molecule has 2 aliphatic rings. The smallest absolute Gasteiger partial charge is 0.261 e. The van der Waals surface area contributed by atoms with Crippen LogP contribution in [0.3, 0.4) is 0 Å². The van der Waals surface area contributed by atoms with Gasteiger partial charge in [-0.25, -0.2) is 8.42 Å². The molecule has 122 valence electrons. The number of sulfonamides is 1. The van der Waals surface area contributed by atoms with E-state index in [2.05, 4.69) is 5.32 Å². The molecule has 0 aromatic carbocycles. The van der Waals surface area contributed by atoms with Crippen molar-refractivity contribution in [1.82, 2.24) is 9.62 Å². The lowest BCUT2D eigenvalue weighted by Crippen LogP contribution is -2.35. The minimum Gasteiger partial charge on any atom is -0.349 e. The maximum absolute atomic E-state index is 12.6. The summed E-state index contributed by atoms with van der Waals surface area (Å²) in [7, 11) is -3.44. The number of nitrogens with one attached hydrogen (secondary N) is 1. The number of carbonyl (C=O) groups is 1. The van der Waals surface area contributed by atoms with Gasteiger partial charge >= 0.3 is 0 Å². The molecule has 3 rings (SSSR count). The summed E-state index contributed by atoms with van der Waals surface area (Å²) < 4.78 is 26.7. The van der Waals surface area contributed by atoms with E-state index < -0.39 is 10.0 Å². The van der Waals surface area contributed by atoms with Crippen LogP contribution in [0.2, 0.25) is 0 Å². The molecule has 1 saturated carbocycles. The van der Waals surface area contributed by atoms with E-state index in [9.17, 15) is 13.2 Å². The largest absolute Gasteiger partial charge is 0.349 e. The molecule has 5 nitrogen and oxygen atoms in total. The van der Waals surface area contributed by atoms with Crippen LogP contribution in [-0.4, -0.2) is 37.8 Å². The number of thiophene rings is 1. The molecule has 0 atom stereocenters. The van der Waals surface area contributed by atoms with Gasteiger partial charge in [-0.15, -0.1) is 11.3 Å². The number of rotatable bonds is 4. The van der Waals surface area contributed by atoms with Crippen LogP contribution in [0.25, 0.3) is 0 Å². The fourth-order valence-electron chi connectivity index (χ4n) is 3.15. The highest BCUT2D eigenvalue weighted by Crippen LogP contribution is 2.26. The molecule has 1 aromatic heterocycles. The molecule has 0 unspecified atom stereocenters. The Morgan fingerprint density at radius 3 is 2.50 bits per heavy atom. The fourth-order valence-corrected chi connectivity index (χ4v) is 5.84. The first-order chi connectivity index (χ1) is 10.6. The van der Waals surface area contributed by atoms with Crippen LogP contribution in [0, 0.1) is 0 Å². The van der Waals surface area contributed by atoms with Gasteiger partial charge in [-0.05, 0) is 31.7 Å². The van der Waals surface area contributed by atoms with Gasteiger partial charge in [0.2, 0.25) is 10.0 Å². The summed E-state index contributed by atoms with van der Waals surface area (Å²) in [6, 6.07) is 1.77. The highest BCUT2D eigenvalue weighted by molar-refractivity contribution is 7.89. The third kappa shape index (κ3) is 3.36. The topological polar surface area (TPSA) is 66.5 Å². The number of amides is 1. The summed E-state index contributed by atoms with van der Waals surface area (Å²) in [5, 5.41) is 4.59. The first-order valence-electron chi connectivity index (χ1n) is 7.97. The van der Waals surface area contributed by atoms with E-state index in [1.165, 1.54) is 21.7 Å². The van der Waals surface area contributed by atoms with Crippen molar-refractivity contribution in [3.63, 3.8) is 0 Å². The Balaban J connectivity index is 1.70. The zero-order valence-corrected chi connectivity index (χ0v) is 14.2. The average Bonchev–Trinajstić information content (AvgIpc) is 3.19. The minimum absolute atomic E-state index is 0.142. The quantitative estimate of drug-likeness (QED) is 0.914. The van der Waals surface area contributed by atoms with Crippen molar-refractivity contribution in [3.8, 4) is 0 Å². The molecule has 7 heteroatoms. The highest BCUT2D eigenvalue weighted by atomic mass is 32.2. The van der Waals surface area contributed by atoms with Gasteiger partial charge in [-0.3, -0.25) is 4.79 Å². The molecule has 0 bridgehead atoms. The number of carbonyl (C=O) groups excluding carboxylic acids is 1. The zero-order chi connectivity index (χ0) is 15.6. The molecule has 0 spiro atoms. The van der Waals surface area contributed by atoms with Crippen molar-refractivity contribution in [1.29, 1.82) is 0 Å². The molecule has 1 aliphatic carbocycles. The van der Waals surface area contributed by atoms with Crippen molar-refractivity contribution < 1.29 is 13.2 Å². The number of hydrogen-bond acceptors (Lipinski definition) is 4. The number of nitrogens with zero attached hydrogens (tertiary/aromatic N) is 1. The maximum atomic E-state index is 12.6. The fraction of sp³-hybridized carbons (Fsp3) is 0.667. The standard InChI is InChI=1S/C15H22N2O3S2/c18-15(16-12-6-2-3-7-12)14-10-13(11-21-14)22(19,20)17-8-4-1-5-9-17/h10-12H,1-9H2,(H,16,18). The van der Waals surface area contributed by atoms with Gasteiger partial charge in [0.25, 0.3) is 5.91 Å². The van der Waals surface area contributed by atoms with Gasteiger partial charge in [-0.2, -0.15) is 4.31 Å². The monoisotopic (exact) mass is 342 g/mol. The van der Waals surface area contributed by atoms with Crippen LogP contribution in [0.1, 0.15) is 54.6 Å². The van der Waals surface area contributed by atoms with Gasteiger partial charge in [0.1, 0.15) is 0 Å². The molecule has 2 fully saturated rings. The molecule has 1 aliphatic heterocycles. The van der Waals surface area contributed by atoms with Crippen molar-refractivity contribution in [2.24, 2.45) is 0 Å². The molecule has 1 saturated heterocycles. The predicted molar refractivity (Wildman–Crippen MR) is 86.7 cm³/mol. The molecular weight excluding hydrogens is 320 g/mol. The SMILES string of the molecule is O=C(NC1CCCC1)c1cc(S(=O)(=O)N2CCCCC2)cs1. The summed E-state index contributed by atoms with van der Waals surface area (Å²) in [6.45, 7) is 1.17. The van der Waals surface area contributed by atoms with Crippen molar-refractivity contribution in [3.05, 3.63) is 16.3 Å². The van der Waals surface area contributed by atoms with Crippen LogP contribution in [0.5, 0.6) is 0 Å². The van der Waals surface area contributed by atoms with Crippen molar-refractivity contribution >= 4 is 27.3 Å². The lowest BCUT2D eigenvalue weighted by Gasteiger charge is -2.25. The van der Waals surface area contributed by atoms with E-state index in [0.29, 0.717) is 18.0 Å². The summed E-state index contributed by atoms with van der Waals surface area (Å²) in [5.74, 6) is -0.142. The van der Waals surface area contributed by atoms with E-state index in [1.54, 1.807) is 5.38 Å². The van der Waals surface area contributed by atoms with Gasteiger partial charge in [0.15, 0.2) is 0 Å². The summed E-state index contributed by atoms with van der Waals surface area (Å²) >= 11 is 1.21. The Morgan fingerprint density at radius 1 is 1.14 bits per heavy atom. The van der Waals surface area contributed by atoms with Gasteiger partial charge in [-0.1, -0.05) is 19.3 Å². The molecular formula is C15H22N2O3S2. The van der Waals surface area contributed by atoms with E-state index in [0.717, 1.165) is 44.9 Å². The van der Waals surface area contributed by atoms with E-state index in [4.69, 9.17) is 0 Å². The van der Waals surface area contributed by atoms with Crippen LogP contribution in [0.4, 0.5) is 0 Å². The zero-order valence-electron chi connectivity index (χ0n) is 12.6. The second kappa shape index (κ2) is 6.68. The summed E-state index contributed by atoms with van der Waals surface area (Å²) in [4.78, 5) is 13.0. The Labute approximate surface area is 135 Å². The lowest BCUT2D eigenvalue weighted by molar-refractivity contribution is 0.0942. The third-order valence-electron chi connectivity index (χ3n) is 4.44. The minimum atomic E-state index is -3.44. The molecule has 1 amide bonds. The van der Waals surface area contributed by atoms with E-state index >= 15 is 0 Å². The molecule has 0 radical (unpaired) electrons. The van der Waals surface area contributed by atoms with E-state index in [1.807, 2.05) is 0 Å². The summed E-state index contributed by atoms with van der Waals surface area (Å²) in [5.41, 5.74) is 0. The lowest BCUT2D eigenvalue weighted by atomic mass is 10.2. The normalized spacial score (nSPS) is 21.1. The molecule has 1 aromatic rings. The molecule has 2 heterocycles. The van der Waals surface area contributed by atoms with Crippen LogP contribution in [0.15, 0.2) is 16.3 Å². The highest BCUT2D eigenvalue weighted by Gasteiger charge is 2.28. The Bertz CT molecular complexity index is 627. The number of piperidine rings is 1. The number of hydrogen-bond donors (Lipinski definition) is 1. The van der Waals surface area contributed by atoms with Crippen LogP contribution < -0.4 is 5.32 Å². The van der Waals surface area contributed by atoms with Crippen LogP contribution >= 0.6 is 11.3 Å². The maximum Gasteiger partial charge on any atom is 0.261 e. The molecule has 1 N–H and O–H groups in total. The van der Waals surface area contributed by atoms with Crippen molar-refractivity contribution in [2.75, 3.05) is 13.1 Å². The Hall–Kier alpha value is -0.920. The second-order valence-corrected chi connectivity index (χ2v) is 8.92. The van der Waals surface area contributed by atoms with Gasteiger partial charge in [0, 0.05) is 24.5 Å². The third-order valence-corrected chi connectivity index (χ3v) is 7.40. The van der Waals surface area contributed by atoms with Gasteiger partial charge < -0.3 is 5.32 Å². The van der Waals surface area contributed by atoms with Crippen LogP contribution in [-0.2, 0) is 10.0 Å². The second-order valence-electron chi connectivity index (χ2n) is 6.07. The molecule has 22 heavy (non-hydrogen) atoms. The Morgan fingerprint density at radius 2 is 1.82 bits per heavy atom. The first kappa shape index (κ1) is 16.0.